The first-order valence-electron chi connectivity index (χ1n) is 8.34. The molecule has 1 amide bonds. The number of rotatable bonds is 7. The van der Waals surface area contributed by atoms with Crippen molar-refractivity contribution < 1.29 is 13.2 Å². The molecule has 1 aromatic heterocycles. The topological polar surface area (TPSA) is 96.3 Å². The maximum atomic E-state index is 12.5. The Bertz CT molecular complexity index is 650. The Labute approximate surface area is 143 Å². The van der Waals surface area contributed by atoms with Crippen LogP contribution in [0.3, 0.4) is 0 Å². The van der Waals surface area contributed by atoms with Crippen molar-refractivity contribution in [3.05, 3.63) is 12.4 Å². The summed E-state index contributed by atoms with van der Waals surface area (Å²) >= 11 is 0. The van der Waals surface area contributed by atoms with Crippen LogP contribution in [0.15, 0.2) is 17.3 Å². The minimum Gasteiger partial charge on any atom is -0.341 e. The van der Waals surface area contributed by atoms with Crippen LogP contribution < -0.4 is 10.0 Å². The van der Waals surface area contributed by atoms with E-state index in [9.17, 15) is 13.2 Å². The molecule has 1 atom stereocenters. The molecular weight excluding hydrogens is 330 g/mol. The van der Waals surface area contributed by atoms with Crippen molar-refractivity contribution in [2.24, 2.45) is 13.0 Å². The van der Waals surface area contributed by atoms with Crippen LogP contribution in [0.2, 0.25) is 0 Å². The summed E-state index contributed by atoms with van der Waals surface area (Å²) in [5, 5.41) is 7.19. The summed E-state index contributed by atoms with van der Waals surface area (Å²) in [5.41, 5.74) is 0. The molecular formula is C15H27N5O3S. The van der Waals surface area contributed by atoms with Crippen molar-refractivity contribution in [2.75, 3.05) is 26.2 Å². The second kappa shape index (κ2) is 8.09. The van der Waals surface area contributed by atoms with E-state index >= 15 is 0 Å². The summed E-state index contributed by atoms with van der Waals surface area (Å²) in [6.45, 7) is 6.94. The van der Waals surface area contributed by atoms with E-state index in [1.165, 1.54) is 17.1 Å². The molecule has 136 valence electrons. The van der Waals surface area contributed by atoms with Gasteiger partial charge in [0.25, 0.3) is 0 Å². The summed E-state index contributed by atoms with van der Waals surface area (Å²) in [6.07, 6.45) is 4.57. The summed E-state index contributed by atoms with van der Waals surface area (Å²) < 4.78 is 28.4. The van der Waals surface area contributed by atoms with Crippen molar-refractivity contribution in [1.82, 2.24) is 24.7 Å². The molecule has 8 nitrogen and oxygen atoms in total. The van der Waals surface area contributed by atoms with Gasteiger partial charge in [-0.3, -0.25) is 9.48 Å². The molecule has 2 heterocycles. The number of nitrogens with one attached hydrogen (secondary N) is 2. The number of hydrogen-bond donors (Lipinski definition) is 2. The molecule has 9 heteroatoms. The largest absolute Gasteiger partial charge is 0.341 e. The lowest BCUT2D eigenvalue weighted by Crippen LogP contribution is -2.49. The quantitative estimate of drug-likeness (QED) is 0.712. The molecule has 1 unspecified atom stereocenters. The molecule has 1 aliphatic rings. The fourth-order valence-electron chi connectivity index (χ4n) is 2.87. The van der Waals surface area contributed by atoms with E-state index in [0.29, 0.717) is 19.0 Å². The van der Waals surface area contributed by atoms with E-state index in [2.05, 4.69) is 22.1 Å². The molecule has 2 N–H and O–H groups in total. The maximum Gasteiger partial charge on any atom is 0.244 e. The van der Waals surface area contributed by atoms with Gasteiger partial charge in [-0.2, -0.15) is 9.82 Å². The van der Waals surface area contributed by atoms with Gasteiger partial charge in [-0.25, -0.2) is 8.42 Å². The second-order valence-electron chi connectivity index (χ2n) is 6.27. The minimum absolute atomic E-state index is 0.0639. The van der Waals surface area contributed by atoms with Crippen molar-refractivity contribution in [3.63, 3.8) is 0 Å². The zero-order valence-electron chi connectivity index (χ0n) is 14.5. The third-order valence-electron chi connectivity index (χ3n) is 4.30. The minimum atomic E-state index is -3.74. The van der Waals surface area contributed by atoms with E-state index in [4.69, 9.17) is 0 Å². The predicted molar refractivity (Wildman–Crippen MR) is 90.8 cm³/mol. The van der Waals surface area contributed by atoms with Crippen LogP contribution in [-0.2, 0) is 21.9 Å². The van der Waals surface area contributed by atoms with Crippen molar-refractivity contribution in [3.8, 4) is 0 Å². The summed E-state index contributed by atoms with van der Waals surface area (Å²) in [7, 11) is -2.09. The molecule has 0 aromatic carbocycles. The Morgan fingerprint density at radius 1 is 1.42 bits per heavy atom. The third-order valence-corrected chi connectivity index (χ3v) is 5.80. The zero-order chi connectivity index (χ0) is 17.7. The highest BCUT2D eigenvalue weighted by Crippen LogP contribution is 2.17. The predicted octanol–water partition coefficient (Wildman–Crippen LogP) is -0.0650. The maximum absolute atomic E-state index is 12.5. The van der Waals surface area contributed by atoms with Gasteiger partial charge < -0.3 is 10.2 Å². The van der Waals surface area contributed by atoms with E-state index in [1.807, 2.05) is 0 Å². The fourth-order valence-corrected chi connectivity index (χ4v) is 4.05. The highest BCUT2D eigenvalue weighted by atomic mass is 32.2. The molecule has 0 saturated carbocycles. The summed E-state index contributed by atoms with van der Waals surface area (Å²) in [4.78, 5) is 14.3. The highest BCUT2D eigenvalue weighted by Gasteiger charge is 2.29. The number of aryl methyl sites for hydroxylation is 1. The number of piperidine rings is 1. The number of likely N-dealkylation sites (tertiary alicyclic amines) is 1. The Morgan fingerprint density at radius 3 is 2.62 bits per heavy atom. The van der Waals surface area contributed by atoms with Gasteiger partial charge in [0.2, 0.25) is 15.9 Å². The number of carbonyl (C=O) groups is 1. The van der Waals surface area contributed by atoms with Crippen molar-refractivity contribution >= 4 is 15.9 Å². The lowest BCUT2D eigenvalue weighted by atomic mass is 9.96. The molecule has 0 bridgehead atoms. The number of carbonyl (C=O) groups excluding carboxylic acids is 1. The highest BCUT2D eigenvalue weighted by molar-refractivity contribution is 7.89. The summed E-state index contributed by atoms with van der Waals surface area (Å²) in [5.74, 6) is 0.403. The van der Waals surface area contributed by atoms with Gasteiger partial charge in [0.05, 0.1) is 12.2 Å². The number of nitrogens with zero attached hydrogens (tertiary/aromatic N) is 3. The lowest BCUT2D eigenvalue weighted by molar-refractivity contribution is -0.133. The van der Waals surface area contributed by atoms with Crippen LogP contribution in [0.5, 0.6) is 0 Å². The van der Waals surface area contributed by atoms with Gasteiger partial charge in [-0.05, 0) is 38.8 Å². The Balaban J connectivity index is 1.89. The van der Waals surface area contributed by atoms with Gasteiger partial charge in [-0.15, -0.1) is 0 Å². The van der Waals surface area contributed by atoms with Gasteiger partial charge in [0.1, 0.15) is 4.90 Å². The van der Waals surface area contributed by atoms with Crippen LogP contribution in [0.1, 0.15) is 26.7 Å². The van der Waals surface area contributed by atoms with E-state index in [-0.39, 0.29) is 10.8 Å². The summed E-state index contributed by atoms with van der Waals surface area (Å²) in [6, 6.07) is -0.791. The number of amides is 1. The Kier molecular flexibility index (Phi) is 6.36. The van der Waals surface area contributed by atoms with Crippen LogP contribution in [0, 0.1) is 5.92 Å². The zero-order valence-corrected chi connectivity index (χ0v) is 15.3. The smallest absolute Gasteiger partial charge is 0.244 e. The SMILES string of the molecule is CCNCC1CCN(C(=O)C(C)NS(=O)(=O)c2cnn(C)c2)CC1. The van der Waals surface area contributed by atoms with Crippen molar-refractivity contribution in [1.29, 1.82) is 0 Å². The first-order valence-corrected chi connectivity index (χ1v) is 9.82. The van der Waals surface area contributed by atoms with Gasteiger partial charge >= 0.3 is 0 Å². The average molecular weight is 357 g/mol. The van der Waals surface area contributed by atoms with E-state index in [1.54, 1.807) is 18.9 Å². The van der Waals surface area contributed by atoms with Crippen LogP contribution in [0.25, 0.3) is 0 Å². The standard InChI is InChI=1S/C15H27N5O3S/c1-4-16-9-13-5-7-20(8-6-13)15(21)12(2)18-24(22,23)14-10-17-19(3)11-14/h10-13,16,18H,4-9H2,1-3H3. The van der Waals surface area contributed by atoms with Crippen LogP contribution in [0.4, 0.5) is 0 Å². The van der Waals surface area contributed by atoms with E-state index < -0.39 is 16.1 Å². The van der Waals surface area contributed by atoms with Crippen LogP contribution >= 0.6 is 0 Å². The fraction of sp³-hybridized carbons (Fsp3) is 0.733. The lowest BCUT2D eigenvalue weighted by Gasteiger charge is -2.33. The van der Waals surface area contributed by atoms with Crippen LogP contribution in [-0.4, -0.2) is 61.2 Å². The molecule has 2 rings (SSSR count). The molecule has 0 radical (unpaired) electrons. The molecule has 1 aromatic rings. The second-order valence-corrected chi connectivity index (χ2v) is 7.98. The van der Waals surface area contributed by atoms with Gasteiger partial charge in [0.15, 0.2) is 0 Å². The Hall–Kier alpha value is -1.45. The van der Waals surface area contributed by atoms with Crippen molar-refractivity contribution in [2.45, 2.75) is 37.6 Å². The normalized spacial score (nSPS) is 17.9. The molecule has 0 aliphatic carbocycles. The Morgan fingerprint density at radius 2 is 2.08 bits per heavy atom. The number of hydrogen-bond acceptors (Lipinski definition) is 5. The third kappa shape index (κ3) is 4.78. The monoisotopic (exact) mass is 357 g/mol. The molecule has 1 saturated heterocycles. The molecule has 1 fully saturated rings. The molecule has 1 aliphatic heterocycles. The number of sulfonamides is 1. The van der Waals surface area contributed by atoms with E-state index in [0.717, 1.165) is 25.9 Å². The first kappa shape index (κ1) is 18.9. The molecule has 24 heavy (non-hydrogen) atoms. The first-order chi connectivity index (χ1) is 11.3. The van der Waals surface area contributed by atoms with Gasteiger partial charge in [0, 0.05) is 26.3 Å². The number of aromatic nitrogens is 2. The average Bonchev–Trinajstić information content (AvgIpc) is 3.00. The molecule has 0 spiro atoms. The van der Waals surface area contributed by atoms with Gasteiger partial charge in [-0.1, -0.05) is 6.92 Å².